The van der Waals surface area contributed by atoms with Crippen molar-refractivity contribution in [2.45, 2.75) is 32.1 Å². The van der Waals surface area contributed by atoms with Crippen LogP contribution in [0.5, 0.6) is 0 Å². The average Bonchev–Trinajstić information content (AvgIpc) is 3.61. The molecule has 0 N–H and O–H groups in total. The van der Waals surface area contributed by atoms with E-state index in [1.807, 2.05) is 0 Å². The van der Waals surface area contributed by atoms with Gasteiger partial charge in [-0.25, -0.2) is 18.2 Å². The van der Waals surface area contributed by atoms with E-state index in [2.05, 4.69) is 15.0 Å². The minimum Gasteiger partial charge on any atom is -0.277 e. The molecule has 5 rings (SSSR count). The number of aromatic nitrogens is 4. The Morgan fingerprint density at radius 3 is 2.51 bits per heavy atom. The van der Waals surface area contributed by atoms with Crippen molar-refractivity contribution in [1.82, 2.24) is 19.5 Å². The summed E-state index contributed by atoms with van der Waals surface area (Å²) in [7, 11) is 0. The summed E-state index contributed by atoms with van der Waals surface area (Å²) in [5.41, 5.74) is 0.262. The highest BCUT2D eigenvalue weighted by atomic mass is 35.5. The van der Waals surface area contributed by atoms with Crippen LogP contribution in [-0.4, -0.2) is 19.5 Å². The Hall–Kier alpha value is -3.59. The predicted molar refractivity (Wildman–Crippen MR) is 122 cm³/mol. The second-order valence-corrected chi connectivity index (χ2v) is 8.87. The molecule has 1 aliphatic carbocycles. The summed E-state index contributed by atoms with van der Waals surface area (Å²) in [4.78, 5) is 24.4. The number of hydrogen-bond donors (Lipinski definition) is 0. The molecule has 0 spiro atoms. The van der Waals surface area contributed by atoms with Crippen molar-refractivity contribution in [3.05, 3.63) is 104 Å². The highest BCUT2D eigenvalue weighted by Gasteiger charge is 2.42. The van der Waals surface area contributed by atoms with Crippen LogP contribution in [0.3, 0.4) is 0 Å². The molecule has 0 bridgehead atoms. The summed E-state index contributed by atoms with van der Waals surface area (Å²) in [5, 5.41) is -0.0919. The molecule has 5 nitrogen and oxygen atoms in total. The second kappa shape index (κ2) is 8.57. The molecule has 0 aromatic carbocycles. The molecule has 1 fully saturated rings. The van der Waals surface area contributed by atoms with E-state index in [0.717, 1.165) is 23.0 Å². The largest absolute Gasteiger partial charge is 0.277 e. The number of halogens is 5. The predicted octanol–water partition coefficient (Wildman–Crippen LogP) is 5.79. The first kappa shape index (κ1) is 23.2. The highest BCUT2D eigenvalue weighted by Crippen LogP contribution is 2.55. The van der Waals surface area contributed by atoms with Gasteiger partial charge in [0.15, 0.2) is 11.6 Å². The first-order chi connectivity index (χ1) is 16.7. The molecule has 2 atom stereocenters. The molecule has 0 radical (unpaired) electrons. The number of pyridine rings is 4. The topological polar surface area (TPSA) is 60.7 Å². The zero-order chi connectivity index (χ0) is 25.0. The lowest BCUT2D eigenvalue weighted by Gasteiger charge is -2.18. The lowest BCUT2D eigenvalue weighted by Crippen LogP contribution is -2.24. The van der Waals surface area contributed by atoms with Crippen LogP contribution in [0.4, 0.5) is 17.6 Å². The van der Waals surface area contributed by atoms with E-state index in [-0.39, 0.29) is 22.5 Å². The Labute approximate surface area is 202 Å². The summed E-state index contributed by atoms with van der Waals surface area (Å²) in [5.74, 6) is -4.34. The Morgan fingerprint density at radius 1 is 1.00 bits per heavy atom. The fourth-order valence-electron chi connectivity index (χ4n) is 4.45. The normalized spacial score (nSPS) is 17.0. The third-order valence-electron chi connectivity index (χ3n) is 6.21. The molecule has 1 saturated carbocycles. The smallest absolute Gasteiger partial charge is 0.274 e. The summed E-state index contributed by atoms with van der Waals surface area (Å²) >= 11 is 6.47. The monoisotopic (exact) mass is 500 g/mol. The first-order valence-corrected chi connectivity index (χ1v) is 11.0. The van der Waals surface area contributed by atoms with Crippen molar-refractivity contribution in [2.75, 3.05) is 0 Å². The van der Waals surface area contributed by atoms with E-state index in [0.29, 0.717) is 28.8 Å². The quantitative estimate of drug-likeness (QED) is 0.263. The molecular weight excluding hydrogens is 484 g/mol. The van der Waals surface area contributed by atoms with Gasteiger partial charge in [0.25, 0.3) is 5.56 Å². The van der Waals surface area contributed by atoms with E-state index in [9.17, 15) is 18.0 Å². The van der Waals surface area contributed by atoms with Crippen LogP contribution in [0, 0.1) is 37.2 Å². The minimum atomic E-state index is -1.39. The van der Waals surface area contributed by atoms with Gasteiger partial charge in [-0.3, -0.25) is 19.3 Å². The third kappa shape index (κ3) is 3.89. The molecule has 1 aliphatic rings. The van der Waals surface area contributed by atoms with Gasteiger partial charge in [-0.1, -0.05) is 11.6 Å². The summed E-state index contributed by atoms with van der Waals surface area (Å²) in [6, 6.07) is 4.19. The van der Waals surface area contributed by atoms with Crippen LogP contribution >= 0.6 is 11.6 Å². The summed E-state index contributed by atoms with van der Waals surface area (Å²) < 4.78 is 58.3. The Balaban J connectivity index is 1.61. The van der Waals surface area contributed by atoms with Gasteiger partial charge in [-0.2, -0.15) is 4.39 Å². The van der Waals surface area contributed by atoms with E-state index in [1.54, 1.807) is 26.1 Å². The van der Waals surface area contributed by atoms with Crippen molar-refractivity contribution in [1.29, 1.82) is 0 Å². The van der Waals surface area contributed by atoms with Gasteiger partial charge < -0.3 is 0 Å². The van der Waals surface area contributed by atoms with Gasteiger partial charge in [-0.15, -0.1) is 0 Å². The number of nitrogens with zero attached hydrogens (tertiary/aromatic N) is 4. The SMILES string of the molecule is Cc1cnc(-c2ccnc(F)c2F)c(F)c1-n1c(C)cc([C@H]2C[C@@H]2c2cncc(F)c2)c(Cl)c1=O. The Bertz CT molecular complexity index is 1560. The van der Waals surface area contributed by atoms with Gasteiger partial charge >= 0.3 is 0 Å². The van der Waals surface area contributed by atoms with E-state index in [4.69, 9.17) is 11.6 Å². The lowest BCUT2D eigenvalue weighted by molar-refractivity contribution is 0.480. The van der Waals surface area contributed by atoms with Crippen LogP contribution in [0.1, 0.15) is 40.6 Å². The van der Waals surface area contributed by atoms with Crippen LogP contribution in [0.15, 0.2) is 47.8 Å². The van der Waals surface area contributed by atoms with Crippen molar-refractivity contribution < 1.29 is 17.6 Å². The van der Waals surface area contributed by atoms with E-state index in [1.165, 1.54) is 12.3 Å². The Morgan fingerprint density at radius 2 is 1.77 bits per heavy atom. The zero-order valence-corrected chi connectivity index (χ0v) is 19.2. The molecule has 0 unspecified atom stereocenters. The van der Waals surface area contributed by atoms with Gasteiger partial charge in [0, 0.05) is 29.8 Å². The van der Waals surface area contributed by atoms with Crippen LogP contribution in [0.2, 0.25) is 5.02 Å². The molecule has 4 heterocycles. The molecule has 0 amide bonds. The maximum atomic E-state index is 15.7. The Kier molecular flexibility index (Phi) is 5.67. The van der Waals surface area contributed by atoms with Crippen molar-refractivity contribution in [2.24, 2.45) is 0 Å². The van der Waals surface area contributed by atoms with Gasteiger partial charge in [0.2, 0.25) is 5.95 Å². The molecule has 4 aromatic heterocycles. The van der Waals surface area contributed by atoms with Gasteiger partial charge in [0.05, 0.1) is 11.9 Å². The van der Waals surface area contributed by atoms with Crippen LogP contribution < -0.4 is 5.56 Å². The second-order valence-electron chi connectivity index (χ2n) is 8.50. The first-order valence-electron chi connectivity index (χ1n) is 10.7. The minimum absolute atomic E-state index is 0.0408. The average molecular weight is 501 g/mol. The molecular formula is C25H17ClF4N4O. The highest BCUT2D eigenvalue weighted by molar-refractivity contribution is 6.31. The van der Waals surface area contributed by atoms with Crippen molar-refractivity contribution >= 4 is 11.6 Å². The fraction of sp³-hybridized carbons (Fsp3) is 0.200. The zero-order valence-electron chi connectivity index (χ0n) is 18.5. The maximum Gasteiger partial charge on any atom is 0.274 e. The molecule has 4 aromatic rings. The van der Waals surface area contributed by atoms with Gasteiger partial charge in [0.1, 0.15) is 16.5 Å². The number of rotatable bonds is 4. The van der Waals surface area contributed by atoms with E-state index >= 15 is 4.39 Å². The van der Waals surface area contributed by atoms with Crippen molar-refractivity contribution in [3.8, 4) is 16.9 Å². The standard InChI is InChI=1S/C25H17ClF4N4O/c1-11-8-33-22(15-3-4-32-24(30)20(15)28)21(29)23(11)34-12(2)5-18(19(26)25(34)35)17-7-16(17)13-6-14(27)10-31-9-13/h3-6,8-10,16-17H,7H2,1-2H3/t16-,17+/m1/s1. The van der Waals surface area contributed by atoms with Crippen LogP contribution in [0.25, 0.3) is 16.9 Å². The van der Waals surface area contributed by atoms with Crippen LogP contribution in [-0.2, 0) is 0 Å². The third-order valence-corrected chi connectivity index (χ3v) is 6.59. The van der Waals surface area contributed by atoms with Crippen molar-refractivity contribution in [3.63, 3.8) is 0 Å². The molecule has 10 heteroatoms. The van der Waals surface area contributed by atoms with E-state index < -0.39 is 40.2 Å². The lowest BCUT2D eigenvalue weighted by atomic mass is 10.0. The molecule has 178 valence electrons. The maximum absolute atomic E-state index is 15.7. The number of aryl methyl sites for hydroxylation is 2. The fourth-order valence-corrected chi connectivity index (χ4v) is 4.73. The summed E-state index contributed by atoms with van der Waals surface area (Å²) in [6.45, 7) is 3.16. The summed E-state index contributed by atoms with van der Waals surface area (Å²) in [6.07, 6.45) is 5.62. The molecule has 0 aliphatic heterocycles. The number of hydrogen-bond acceptors (Lipinski definition) is 4. The molecule has 0 saturated heterocycles. The van der Waals surface area contributed by atoms with Gasteiger partial charge in [-0.05, 0) is 67.0 Å². The molecule has 35 heavy (non-hydrogen) atoms.